The SMILES string of the molecule is COC(=O)c1ccc2c(c1)N=C=Nc1cc(C(=O)OC)ccc1OCC(C)c1cccc(c1)CO2. The molecule has 4 rings (SSSR count). The highest BCUT2D eigenvalue weighted by molar-refractivity contribution is 5.91. The third-order valence-electron chi connectivity index (χ3n) is 5.50. The van der Waals surface area contributed by atoms with Crippen LogP contribution in [0.25, 0.3) is 0 Å². The van der Waals surface area contributed by atoms with Crippen molar-refractivity contribution in [3.63, 3.8) is 0 Å². The number of esters is 2. The molecule has 178 valence electrons. The molecular weight excluding hydrogens is 448 g/mol. The normalized spacial score (nSPS) is 14.8. The van der Waals surface area contributed by atoms with Crippen LogP contribution in [0.2, 0.25) is 0 Å². The van der Waals surface area contributed by atoms with E-state index in [1.54, 1.807) is 36.4 Å². The molecule has 2 bridgehead atoms. The second kappa shape index (κ2) is 10.7. The fourth-order valence-electron chi connectivity index (χ4n) is 3.54. The Morgan fingerprint density at radius 1 is 0.857 bits per heavy atom. The number of methoxy groups -OCH3 is 2. The lowest BCUT2D eigenvalue weighted by molar-refractivity contribution is 0.0592. The Morgan fingerprint density at radius 2 is 1.46 bits per heavy atom. The molecule has 0 saturated carbocycles. The molecule has 1 atom stereocenters. The highest BCUT2D eigenvalue weighted by atomic mass is 16.5. The number of ether oxygens (including phenoxy) is 4. The molecule has 1 aliphatic heterocycles. The summed E-state index contributed by atoms with van der Waals surface area (Å²) in [6.07, 6.45) is 0. The van der Waals surface area contributed by atoms with E-state index in [0.29, 0.717) is 47.2 Å². The number of hydrogen-bond donors (Lipinski definition) is 0. The molecule has 1 heterocycles. The number of hydrogen-bond acceptors (Lipinski definition) is 8. The summed E-state index contributed by atoms with van der Waals surface area (Å²) in [5.74, 6) is 0.00805. The first-order chi connectivity index (χ1) is 17.0. The van der Waals surface area contributed by atoms with Crippen LogP contribution in [0.3, 0.4) is 0 Å². The number of fused-ring (bicyclic) bond motifs is 4. The van der Waals surface area contributed by atoms with Crippen molar-refractivity contribution in [2.45, 2.75) is 19.4 Å². The summed E-state index contributed by atoms with van der Waals surface area (Å²) in [6.45, 7) is 2.76. The van der Waals surface area contributed by atoms with Gasteiger partial charge in [0.05, 0.1) is 32.0 Å². The van der Waals surface area contributed by atoms with Crippen LogP contribution in [-0.2, 0) is 16.1 Å². The number of benzene rings is 3. The molecule has 0 aromatic heterocycles. The van der Waals surface area contributed by atoms with Crippen molar-refractivity contribution >= 4 is 29.3 Å². The lowest BCUT2D eigenvalue weighted by Crippen LogP contribution is -2.08. The van der Waals surface area contributed by atoms with E-state index in [1.807, 2.05) is 18.2 Å². The number of rotatable bonds is 2. The maximum Gasteiger partial charge on any atom is 0.337 e. The lowest BCUT2D eigenvalue weighted by atomic mass is 10.00. The monoisotopic (exact) mass is 472 g/mol. The predicted octanol–water partition coefficient (Wildman–Crippen LogP) is 5.47. The first-order valence-electron chi connectivity index (χ1n) is 10.9. The zero-order valence-electron chi connectivity index (χ0n) is 19.6. The molecule has 35 heavy (non-hydrogen) atoms. The van der Waals surface area contributed by atoms with Gasteiger partial charge in [0, 0.05) is 5.92 Å². The number of aliphatic imine (C=N–C) groups is 2. The van der Waals surface area contributed by atoms with Gasteiger partial charge in [-0.3, -0.25) is 0 Å². The topological polar surface area (TPSA) is 95.8 Å². The summed E-state index contributed by atoms with van der Waals surface area (Å²) >= 11 is 0. The molecule has 0 amide bonds. The Balaban J connectivity index is 1.83. The van der Waals surface area contributed by atoms with Crippen LogP contribution >= 0.6 is 0 Å². The zero-order chi connectivity index (χ0) is 24.8. The largest absolute Gasteiger partial charge is 0.491 e. The van der Waals surface area contributed by atoms with Crippen molar-refractivity contribution in [3.8, 4) is 11.5 Å². The van der Waals surface area contributed by atoms with Crippen molar-refractivity contribution in [3.05, 3.63) is 82.9 Å². The van der Waals surface area contributed by atoms with Crippen LogP contribution in [0.4, 0.5) is 11.4 Å². The summed E-state index contributed by atoms with van der Waals surface area (Å²) in [7, 11) is 2.62. The van der Waals surface area contributed by atoms with Gasteiger partial charge in [0.1, 0.15) is 35.5 Å². The molecule has 0 aliphatic carbocycles. The quantitative estimate of drug-likeness (QED) is 0.459. The van der Waals surface area contributed by atoms with Gasteiger partial charge in [0.25, 0.3) is 0 Å². The van der Waals surface area contributed by atoms with Crippen LogP contribution in [0.15, 0.2) is 70.6 Å². The Bertz CT molecular complexity index is 1330. The second-order valence-corrected chi connectivity index (χ2v) is 7.92. The minimum atomic E-state index is -0.501. The van der Waals surface area contributed by atoms with Gasteiger partial charge in [-0.05, 0) is 47.5 Å². The van der Waals surface area contributed by atoms with Crippen LogP contribution in [0.1, 0.15) is 44.7 Å². The van der Waals surface area contributed by atoms with Crippen molar-refractivity contribution in [1.82, 2.24) is 0 Å². The Labute approximate surface area is 202 Å². The van der Waals surface area contributed by atoms with Gasteiger partial charge >= 0.3 is 11.9 Å². The maximum atomic E-state index is 12.0. The summed E-state index contributed by atoms with van der Waals surface area (Å²) in [6, 6.07) is 20.3. The van der Waals surface area contributed by atoms with E-state index >= 15 is 0 Å². The number of carbonyl (C=O) groups is 2. The van der Waals surface area contributed by atoms with Crippen molar-refractivity contribution in [2.24, 2.45) is 9.98 Å². The van der Waals surface area contributed by atoms with Crippen LogP contribution in [-0.4, -0.2) is 38.8 Å². The third-order valence-corrected chi connectivity index (χ3v) is 5.50. The summed E-state index contributed by atoms with van der Waals surface area (Å²) in [4.78, 5) is 32.7. The molecule has 0 N–H and O–H groups in total. The van der Waals surface area contributed by atoms with Gasteiger partial charge in [0.15, 0.2) is 0 Å². The van der Waals surface area contributed by atoms with Crippen LogP contribution < -0.4 is 9.47 Å². The van der Waals surface area contributed by atoms with E-state index in [1.165, 1.54) is 14.2 Å². The molecule has 1 aliphatic rings. The number of carbonyl (C=O) groups excluding carboxylic acids is 2. The van der Waals surface area contributed by atoms with E-state index in [9.17, 15) is 9.59 Å². The summed E-state index contributed by atoms with van der Waals surface area (Å²) in [5.41, 5.74) is 3.41. The van der Waals surface area contributed by atoms with Crippen molar-refractivity contribution < 1.29 is 28.5 Å². The van der Waals surface area contributed by atoms with E-state index in [2.05, 4.69) is 29.0 Å². The predicted molar refractivity (Wildman–Crippen MR) is 129 cm³/mol. The molecule has 3 aromatic carbocycles. The highest BCUT2D eigenvalue weighted by Crippen LogP contribution is 2.32. The lowest BCUT2D eigenvalue weighted by Gasteiger charge is -2.16. The summed E-state index contributed by atoms with van der Waals surface area (Å²) in [5, 5.41) is 0. The average molecular weight is 472 g/mol. The van der Waals surface area contributed by atoms with Crippen molar-refractivity contribution in [1.29, 1.82) is 0 Å². The minimum absolute atomic E-state index is 0.0840. The van der Waals surface area contributed by atoms with Gasteiger partial charge in [0.2, 0.25) is 0 Å². The molecule has 8 heteroatoms. The van der Waals surface area contributed by atoms with Gasteiger partial charge in [-0.25, -0.2) is 9.59 Å². The fraction of sp³-hybridized carbons (Fsp3) is 0.222. The smallest absolute Gasteiger partial charge is 0.337 e. The van der Waals surface area contributed by atoms with Gasteiger partial charge in [-0.2, -0.15) is 9.98 Å². The molecule has 0 spiro atoms. The van der Waals surface area contributed by atoms with Crippen LogP contribution in [0, 0.1) is 0 Å². The fourth-order valence-corrected chi connectivity index (χ4v) is 3.54. The van der Waals surface area contributed by atoms with E-state index in [4.69, 9.17) is 18.9 Å². The van der Waals surface area contributed by atoms with E-state index in [0.717, 1.165) is 11.1 Å². The van der Waals surface area contributed by atoms with E-state index in [-0.39, 0.29) is 5.92 Å². The molecular formula is C27H24N2O6. The Hall–Kier alpha value is -4.42. The Kier molecular flexibility index (Phi) is 7.24. The first-order valence-corrected chi connectivity index (χ1v) is 10.9. The molecule has 0 radical (unpaired) electrons. The molecule has 1 unspecified atom stereocenters. The van der Waals surface area contributed by atoms with Crippen LogP contribution in [0.5, 0.6) is 11.5 Å². The number of nitrogens with zero attached hydrogens (tertiary/aromatic N) is 2. The van der Waals surface area contributed by atoms with Gasteiger partial charge < -0.3 is 18.9 Å². The minimum Gasteiger partial charge on any atom is -0.491 e. The highest BCUT2D eigenvalue weighted by Gasteiger charge is 2.15. The molecule has 0 fully saturated rings. The van der Waals surface area contributed by atoms with Gasteiger partial charge in [-0.1, -0.05) is 31.2 Å². The molecule has 8 nitrogen and oxygen atoms in total. The zero-order valence-corrected chi connectivity index (χ0v) is 19.6. The maximum absolute atomic E-state index is 12.0. The second-order valence-electron chi connectivity index (χ2n) is 7.92. The Morgan fingerprint density at radius 3 is 2.06 bits per heavy atom. The van der Waals surface area contributed by atoms with Gasteiger partial charge in [-0.15, -0.1) is 0 Å². The molecule has 3 aromatic rings. The molecule has 0 saturated heterocycles. The standard InChI is InChI=1S/C27H24N2O6/c1-17-14-34-24-9-7-20(26(30)32-2)12-22(24)28-16-29-23-13-21(27(31)33-3)8-10-25(23)35-15-18-5-4-6-19(17)11-18/h4-13,17H,14-15H2,1-3H3. The van der Waals surface area contributed by atoms with E-state index < -0.39 is 11.9 Å². The average Bonchev–Trinajstić information content (AvgIpc) is 2.90. The third kappa shape index (κ3) is 5.57. The summed E-state index contributed by atoms with van der Waals surface area (Å²) < 4.78 is 21.7. The first kappa shape index (κ1) is 23.7. The van der Waals surface area contributed by atoms with Crippen molar-refractivity contribution in [2.75, 3.05) is 20.8 Å².